The molecule has 0 bridgehead atoms. The molecule has 1 aromatic carbocycles. The van der Waals surface area contributed by atoms with Gasteiger partial charge in [0.1, 0.15) is 0 Å². The Morgan fingerprint density at radius 1 is 1.25 bits per heavy atom. The zero-order chi connectivity index (χ0) is 13.2. The molecule has 0 unspecified atom stereocenters. The van der Waals surface area contributed by atoms with E-state index >= 15 is 0 Å². The molecule has 0 aromatic heterocycles. The molecule has 1 aromatic rings. The van der Waals surface area contributed by atoms with Crippen molar-refractivity contribution in [1.82, 2.24) is 5.32 Å². The van der Waals surface area contributed by atoms with Crippen molar-refractivity contribution in [2.24, 2.45) is 0 Å². The lowest BCUT2D eigenvalue weighted by molar-refractivity contribution is 0.483. The van der Waals surface area contributed by atoms with E-state index in [0.717, 1.165) is 0 Å². The van der Waals surface area contributed by atoms with Crippen molar-refractivity contribution < 1.29 is 13.0 Å². The van der Waals surface area contributed by atoms with Crippen LogP contribution in [0.4, 0.5) is 5.69 Å². The van der Waals surface area contributed by atoms with E-state index in [1.54, 1.807) is 0 Å². The maximum absolute atomic E-state index is 10.5. The number of benzene rings is 1. The van der Waals surface area contributed by atoms with Crippen molar-refractivity contribution in [3.8, 4) is 0 Å². The van der Waals surface area contributed by atoms with Gasteiger partial charge < -0.3 is 11.1 Å². The van der Waals surface area contributed by atoms with Crippen LogP contribution in [0.5, 0.6) is 0 Å². The number of hydrogen-bond acceptors (Lipinski definition) is 4. The topological polar surface area (TPSA) is 92.4 Å². The van der Waals surface area contributed by atoms with Crippen LogP contribution < -0.4 is 11.1 Å². The van der Waals surface area contributed by atoms with E-state index in [-0.39, 0.29) is 4.90 Å². The Labute approximate surface area is 97.4 Å². The van der Waals surface area contributed by atoms with Crippen molar-refractivity contribution in [2.45, 2.75) is 18.7 Å². The number of nitrogens with one attached hydrogen (secondary N) is 1. The lowest BCUT2D eigenvalue weighted by Crippen LogP contribution is -1.98. The van der Waals surface area contributed by atoms with E-state index in [1.165, 1.54) is 24.3 Å². The Hall–Kier alpha value is -1.11. The van der Waals surface area contributed by atoms with E-state index in [4.69, 9.17) is 10.3 Å². The molecular weight excluding hydrogens is 228 g/mol. The fraction of sp³-hybridized carbons (Fsp3) is 0.400. The zero-order valence-corrected chi connectivity index (χ0v) is 10.9. The standard InChI is InChI=1S/C6H7NO3S.C2H7N.C2H6/c7-5-2-1-3-6(4-5)11(8,9)10;1-3-2;1-2/h1-4H,7H2,(H,8,9,10);3H,1-2H3;1-2H3. The minimum atomic E-state index is -4.11. The van der Waals surface area contributed by atoms with E-state index in [0.29, 0.717) is 5.69 Å². The molecule has 0 amide bonds. The first-order valence-electron chi connectivity index (χ1n) is 4.83. The fourth-order valence-electron chi connectivity index (χ4n) is 0.675. The number of anilines is 1. The molecule has 0 heterocycles. The monoisotopic (exact) mass is 248 g/mol. The number of rotatable bonds is 1. The van der Waals surface area contributed by atoms with Crippen molar-refractivity contribution in [3.63, 3.8) is 0 Å². The second kappa shape index (κ2) is 9.14. The summed E-state index contributed by atoms with van der Waals surface area (Å²) in [6, 6.07) is 5.45. The van der Waals surface area contributed by atoms with Gasteiger partial charge in [-0.25, -0.2) is 0 Å². The molecule has 0 aliphatic rings. The summed E-state index contributed by atoms with van der Waals surface area (Å²) in [5.74, 6) is 0. The molecule has 0 radical (unpaired) electrons. The fourth-order valence-corrected chi connectivity index (χ4v) is 1.21. The summed E-state index contributed by atoms with van der Waals surface area (Å²) in [6.07, 6.45) is 0. The molecule has 6 heteroatoms. The first-order valence-corrected chi connectivity index (χ1v) is 6.27. The van der Waals surface area contributed by atoms with Gasteiger partial charge in [0.05, 0.1) is 4.90 Å². The van der Waals surface area contributed by atoms with Gasteiger partial charge in [-0.05, 0) is 32.3 Å². The van der Waals surface area contributed by atoms with Gasteiger partial charge in [-0.1, -0.05) is 19.9 Å². The van der Waals surface area contributed by atoms with Gasteiger partial charge in [-0.3, -0.25) is 4.55 Å². The molecule has 0 aliphatic heterocycles. The van der Waals surface area contributed by atoms with Crippen molar-refractivity contribution >= 4 is 15.8 Å². The highest BCUT2D eigenvalue weighted by Crippen LogP contribution is 2.11. The largest absolute Gasteiger partial charge is 0.399 e. The van der Waals surface area contributed by atoms with Crippen LogP contribution in [-0.2, 0) is 10.1 Å². The van der Waals surface area contributed by atoms with E-state index < -0.39 is 10.1 Å². The maximum Gasteiger partial charge on any atom is 0.294 e. The molecule has 4 N–H and O–H groups in total. The lowest BCUT2D eigenvalue weighted by atomic mass is 10.3. The van der Waals surface area contributed by atoms with E-state index in [9.17, 15) is 8.42 Å². The number of nitrogen functional groups attached to an aromatic ring is 1. The molecule has 0 saturated heterocycles. The molecular formula is C10H20N2O3S. The zero-order valence-electron chi connectivity index (χ0n) is 10.1. The molecule has 5 nitrogen and oxygen atoms in total. The van der Waals surface area contributed by atoms with Gasteiger partial charge in [0, 0.05) is 5.69 Å². The molecule has 1 rings (SSSR count). The summed E-state index contributed by atoms with van der Waals surface area (Å²) in [4.78, 5) is -0.183. The van der Waals surface area contributed by atoms with Gasteiger partial charge in [-0.2, -0.15) is 8.42 Å². The average molecular weight is 248 g/mol. The van der Waals surface area contributed by atoms with Crippen LogP contribution in [-0.4, -0.2) is 27.1 Å². The molecule has 0 spiro atoms. The van der Waals surface area contributed by atoms with E-state index in [2.05, 4.69) is 5.32 Å². The third kappa shape index (κ3) is 8.22. The van der Waals surface area contributed by atoms with Gasteiger partial charge in [0.15, 0.2) is 0 Å². The highest BCUT2D eigenvalue weighted by Gasteiger charge is 2.07. The Morgan fingerprint density at radius 3 is 1.94 bits per heavy atom. The summed E-state index contributed by atoms with van der Waals surface area (Å²) in [5.41, 5.74) is 5.59. The third-order valence-electron chi connectivity index (χ3n) is 1.16. The quantitative estimate of drug-likeness (QED) is 0.516. The molecule has 16 heavy (non-hydrogen) atoms. The smallest absolute Gasteiger partial charge is 0.294 e. The summed E-state index contributed by atoms with van der Waals surface area (Å²) < 4.78 is 29.5. The third-order valence-corrected chi connectivity index (χ3v) is 2.01. The first kappa shape index (κ1) is 17.3. The van der Waals surface area contributed by atoms with Crippen LogP contribution in [0, 0.1) is 0 Å². The van der Waals surface area contributed by atoms with Crippen LogP contribution in [0.15, 0.2) is 29.2 Å². The van der Waals surface area contributed by atoms with Crippen LogP contribution in [0.2, 0.25) is 0 Å². The predicted octanol–water partition coefficient (Wildman–Crippen LogP) is 1.38. The van der Waals surface area contributed by atoms with E-state index in [1.807, 2.05) is 27.9 Å². The minimum absolute atomic E-state index is 0.183. The summed E-state index contributed by atoms with van der Waals surface area (Å²) >= 11 is 0. The van der Waals surface area contributed by atoms with Crippen LogP contribution in [0.1, 0.15) is 13.8 Å². The molecule has 0 atom stereocenters. The Morgan fingerprint density at radius 2 is 1.69 bits per heavy atom. The van der Waals surface area contributed by atoms with Gasteiger partial charge in [-0.15, -0.1) is 0 Å². The van der Waals surface area contributed by atoms with Gasteiger partial charge >= 0.3 is 0 Å². The molecule has 0 aliphatic carbocycles. The Kier molecular flexibility index (Phi) is 9.88. The average Bonchev–Trinajstić information content (AvgIpc) is 2.21. The van der Waals surface area contributed by atoms with Crippen molar-refractivity contribution in [2.75, 3.05) is 19.8 Å². The van der Waals surface area contributed by atoms with Gasteiger partial charge in [0.25, 0.3) is 10.1 Å². The second-order valence-corrected chi connectivity index (χ2v) is 3.97. The van der Waals surface area contributed by atoms with Crippen LogP contribution in [0.25, 0.3) is 0 Å². The predicted molar refractivity (Wildman–Crippen MR) is 67.0 cm³/mol. The first-order chi connectivity index (χ1) is 7.41. The summed E-state index contributed by atoms with van der Waals surface area (Å²) in [6.45, 7) is 4.00. The normalized spacial score (nSPS) is 9.31. The molecule has 0 fully saturated rings. The van der Waals surface area contributed by atoms with Crippen molar-refractivity contribution in [1.29, 1.82) is 0 Å². The SMILES string of the molecule is CC.CNC.Nc1cccc(S(=O)(=O)O)c1. The lowest BCUT2D eigenvalue weighted by Gasteiger charge is -1.96. The van der Waals surface area contributed by atoms with Crippen LogP contribution >= 0.6 is 0 Å². The Bertz CT molecular complexity index is 377. The Balaban J connectivity index is 0. The summed E-state index contributed by atoms with van der Waals surface area (Å²) in [5, 5.41) is 2.75. The highest BCUT2D eigenvalue weighted by atomic mass is 32.2. The molecule has 0 saturated carbocycles. The molecule has 94 valence electrons. The number of hydrogen-bond donors (Lipinski definition) is 3. The minimum Gasteiger partial charge on any atom is -0.399 e. The van der Waals surface area contributed by atoms with Crippen molar-refractivity contribution in [3.05, 3.63) is 24.3 Å². The second-order valence-electron chi connectivity index (χ2n) is 2.55. The number of nitrogens with two attached hydrogens (primary N) is 1. The summed E-state index contributed by atoms with van der Waals surface area (Å²) in [7, 11) is -0.355. The highest BCUT2D eigenvalue weighted by molar-refractivity contribution is 7.85. The van der Waals surface area contributed by atoms with Crippen LogP contribution in [0.3, 0.4) is 0 Å². The van der Waals surface area contributed by atoms with Gasteiger partial charge in [0.2, 0.25) is 0 Å². The maximum atomic E-state index is 10.5.